The van der Waals surface area contributed by atoms with Crippen LogP contribution in [0.2, 0.25) is 0 Å². The number of carbonyl (C=O) groups is 4. The summed E-state index contributed by atoms with van der Waals surface area (Å²) in [6.07, 6.45) is -10.2. The molecule has 3 aliphatic heterocycles. The maximum absolute atomic E-state index is 17.7. The summed E-state index contributed by atoms with van der Waals surface area (Å²) in [5, 5.41) is 25.7. The number of hydrogen-bond acceptors (Lipinski definition) is 12. The summed E-state index contributed by atoms with van der Waals surface area (Å²) in [7, 11) is 1.51. The highest BCUT2D eigenvalue weighted by Gasteiger charge is 2.40. The fraction of sp³-hybridized carbons (Fsp3) is 0.304. The maximum Gasteiger partial charge on any atom is 0.416 e. The molecular formula is C69H62F8N8O10. The van der Waals surface area contributed by atoms with Crippen LogP contribution in [0.4, 0.5) is 35.1 Å². The van der Waals surface area contributed by atoms with Gasteiger partial charge in [-0.15, -0.1) is 0 Å². The predicted molar refractivity (Wildman–Crippen MR) is 330 cm³/mol. The molecule has 26 heteroatoms. The Kier molecular flexibility index (Phi) is 18.7. The fourth-order valence-electron chi connectivity index (χ4n) is 12.4. The number of nitrogens with zero attached hydrogens (tertiary/aromatic N) is 6. The summed E-state index contributed by atoms with van der Waals surface area (Å²) < 4.78 is 138. The number of amides is 2. The number of ether oxygens (including phenoxy) is 2. The summed E-state index contributed by atoms with van der Waals surface area (Å²) >= 11 is 0. The Morgan fingerprint density at radius 2 is 1.02 bits per heavy atom. The Hall–Kier alpha value is -10.1. The molecule has 4 N–H and O–H groups in total. The summed E-state index contributed by atoms with van der Waals surface area (Å²) in [4.78, 5) is 96.0. The number of likely N-dealkylation sites (tertiary alicyclic amines) is 1. The lowest BCUT2D eigenvalue weighted by Crippen LogP contribution is -2.41. The first-order chi connectivity index (χ1) is 45.1. The molecule has 7 heterocycles. The van der Waals surface area contributed by atoms with Crippen molar-refractivity contribution in [3.05, 3.63) is 221 Å². The van der Waals surface area contributed by atoms with Gasteiger partial charge in [-0.05, 0) is 160 Å². The van der Waals surface area contributed by atoms with Crippen LogP contribution < -0.4 is 31.2 Å². The van der Waals surface area contributed by atoms with E-state index in [1.807, 2.05) is 4.90 Å². The zero-order valence-electron chi connectivity index (χ0n) is 51.5. The van der Waals surface area contributed by atoms with Gasteiger partial charge in [-0.1, -0.05) is 36.4 Å². The number of halogens is 8. The van der Waals surface area contributed by atoms with Crippen LogP contribution in [-0.2, 0) is 50.8 Å². The zero-order valence-corrected chi connectivity index (χ0v) is 51.5. The molecule has 1 fully saturated rings. The van der Waals surface area contributed by atoms with Crippen LogP contribution in [-0.4, -0.2) is 103 Å². The van der Waals surface area contributed by atoms with E-state index in [0.717, 1.165) is 23.4 Å². The van der Waals surface area contributed by atoms with Crippen molar-refractivity contribution < 1.29 is 74.0 Å². The normalized spacial score (nSPS) is 17.3. The molecule has 8 bridgehead atoms. The molecule has 11 rings (SSSR count). The van der Waals surface area contributed by atoms with Crippen LogP contribution in [0.3, 0.4) is 0 Å². The van der Waals surface area contributed by atoms with Crippen LogP contribution in [0.5, 0.6) is 23.3 Å². The van der Waals surface area contributed by atoms with Crippen LogP contribution in [0, 0.1) is 32.4 Å². The number of likely N-dealkylation sites (N-methyl/N-ethyl adjacent to an activating group) is 1. The van der Waals surface area contributed by atoms with Crippen molar-refractivity contribution in [1.82, 2.24) is 39.5 Å². The van der Waals surface area contributed by atoms with Crippen molar-refractivity contribution in [3.8, 4) is 45.5 Å². The highest BCUT2D eigenvalue weighted by atomic mass is 19.4. The van der Waals surface area contributed by atoms with Gasteiger partial charge < -0.3 is 40.1 Å². The summed E-state index contributed by atoms with van der Waals surface area (Å²) in [6.45, 7) is 6.09. The molecular weight excluding hydrogens is 1250 g/mol. The van der Waals surface area contributed by atoms with Crippen LogP contribution in [0.15, 0.2) is 131 Å². The van der Waals surface area contributed by atoms with Gasteiger partial charge in [0.2, 0.25) is 23.6 Å². The molecule has 0 saturated carbocycles. The lowest BCUT2D eigenvalue weighted by Gasteiger charge is -2.31. The minimum Gasteiger partial charge on any atom is -0.481 e. The standard InChI is InChI=1S/C69H62F8N8O10/c1-36-10-5-14-52-60(36)42-26-38(3)62(70)44(28-42)50(32-58(88)89)80-66(92)64(48-12-7-16-54(78-48)94-52)84-34-40(46(30-56(84)86)68(72,73)74)19-24-82(4)23-18-39-27-43-29-45(63(39)71)51(33-59(90)91)81-67(93)65(49-13-8-17-55(79-49)95-53-15-6-11-37(2)61(43)53)85-35-41(20-25-83-21-9-22-83)47(31-57(85)87)69(75,76)77/h5-8,10-17,26-31,34-35,50-51,64-65H,9,18-25,32-33H2,1-4H3,(H,80,92)(H,81,93)(H,88,89)(H,90,91)/t50-,51-,64-,65-/m0/s1. The molecule has 3 aliphatic rings. The highest BCUT2D eigenvalue weighted by molar-refractivity contribution is 5.86. The molecule has 1 saturated heterocycles. The molecule has 2 amide bonds. The molecule has 4 aromatic heterocycles. The average Bonchev–Trinajstić information content (AvgIpc) is 1.74. The van der Waals surface area contributed by atoms with Gasteiger partial charge in [0.25, 0.3) is 11.1 Å². The number of aliphatic carboxylic acids is 2. The number of pyridine rings is 4. The smallest absolute Gasteiger partial charge is 0.416 e. The lowest BCUT2D eigenvalue weighted by molar-refractivity contribution is -0.139. The van der Waals surface area contributed by atoms with E-state index in [0.29, 0.717) is 57.6 Å². The monoisotopic (exact) mass is 1310 g/mol. The molecule has 0 spiro atoms. The Morgan fingerprint density at radius 3 is 1.47 bits per heavy atom. The molecule has 95 heavy (non-hydrogen) atoms. The van der Waals surface area contributed by atoms with Crippen molar-refractivity contribution in [1.29, 1.82) is 0 Å². The van der Waals surface area contributed by atoms with Crippen molar-refractivity contribution in [3.63, 3.8) is 0 Å². The Labute approximate surface area is 537 Å². The molecule has 4 aromatic carbocycles. The zero-order chi connectivity index (χ0) is 67.9. The van der Waals surface area contributed by atoms with E-state index in [9.17, 15) is 47.4 Å². The Morgan fingerprint density at radius 1 is 0.579 bits per heavy atom. The van der Waals surface area contributed by atoms with Gasteiger partial charge in [-0.2, -0.15) is 26.3 Å². The summed E-state index contributed by atoms with van der Waals surface area (Å²) in [6, 6.07) is 17.6. The number of aryl methyl sites for hydroxylation is 3. The number of carboxylic acid groups (broad SMARTS) is 2. The first-order valence-electron chi connectivity index (χ1n) is 30.3. The van der Waals surface area contributed by atoms with E-state index < -0.39 is 119 Å². The number of fused-ring (bicyclic) bond motifs is 12. The third-order valence-corrected chi connectivity index (χ3v) is 17.3. The first-order valence-corrected chi connectivity index (χ1v) is 30.3. The minimum atomic E-state index is -5.15. The maximum atomic E-state index is 17.7. The number of carbonyl (C=O) groups excluding carboxylic acids is 2. The summed E-state index contributed by atoms with van der Waals surface area (Å²) in [5.74, 6) is -7.00. The lowest BCUT2D eigenvalue weighted by atomic mass is 9.91. The topological polar surface area (TPSA) is 228 Å². The molecule has 0 radical (unpaired) electrons. The molecule has 494 valence electrons. The number of hydrogen-bond donors (Lipinski definition) is 4. The Balaban J connectivity index is 0.942. The number of carboxylic acids is 2. The number of alkyl halides is 6. The van der Waals surface area contributed by atoms with Crippen molar-refractivity contribution >= 4 is 23.8 Å². The third-order valence-electron chi connectivity index (χ3n) is 17.3. The van der Waals surface area contributed by atoms with Gasteiger partial charge in [0, 0.05) is 78.5 Å². The predicted octanol–water partition coefficient (Wildman–Crippen LogP) is 11.4. The van der Waals surface area contributed by atoms with E-state index in [1.54, 1.807) is 55.1 Å². The fourth-order valence-corrected chi connectivity index (χ4v) is 12.4. The summed E-state index contributed by atoms with van der Waals surface area (Å²) in [5.41, 5.74) is -4.28. The number of aromatic nitrogens is 4. The van der Waals surface area contributed by atoms with Gasteiger partial charge >= 0.3 is 24.3 Å². The van der Waals surface area contributed by atoms with E-state index in [2.05, 4.69) is 20.6 Å². The highest BCUT2D eigenvalue weighted by Crippen LogP contribution is 2.43. The second-order valence-electron chi connectivity index (χ2n) is 23.9. The SMILES string of the molecule is Cc1cc2cc(c1F)[C@H](CC(=O)O)NC(=O)[C@@H](n1cc(CCN(C)CCc3cc4cc(c3F)[C@H](CC(=O)O)NC(=O)[C@@H](n3cc(CCN5CCC5)c(C(F)(F)F)cc3=O)c3cccc(n3)Oc3cccc(C)c3-4)c(C(F)(F)F)cc1=O)c1cccc(n1)Oc1cccc(C)c1-2. The second-order valence-corrected chi connectivity index (χ2v) is 23.9. The van der Waals surface area contributed by atoms with E-state index in [4.69, 9.17) is 9.47 Å². The Bertz CT molecular complexity index is 4490. The average molecular weight is 1320 g/mol. The van der Waals surface area contributed by atoms with Crippen LogP contribution >= 0.6 is 0 Å². The molecule has 8 aromatic rings. The van der Waals surface area contributed by atoms with Crippen molar-refractivity contribution in [2.45, 2.75) is 95.8 Å². The van der Waals surface area contributed by atoms with E-state index in [1.165, 1.54) is 74.6 Å². The molecule has 4 atom stereocenters. The van der Waals surface area contributed by atoms with E-state index >= 15 is 26.7 Å². The van der Waals surface area contributed by atoms with Crippen molar-refractivity contribution in [2.75, 3.05) is 39.8 Å². The van der Waals surface area contributed by atoms with Crippen LogP contribution in [0.1, 0.15) is 110 Å². The van der Waals surface area contributed by atoms with Gasteiger partial charge in [0.05, 0.1) is 47.4 Å². The van der Waals surface area contributed by atoms with Gasteiger partial charge in [0.15, 0.2) is 12.1 Å². The number of nitrogens with one attached hydrogen (secondary N) is 2. The number of benzene rings is 4. The molecule has 0 unspecified atom stereocenters. The van der Waals surface area contributed by atoms with Gasteiger partial charge in [0.1, 0.15) is 23.1 Å². The van der Waals surface area contributed by atoms with Gasteiger partial charge in [-0.3, -0.25) is 37.9 Å². The van der Waals surface area contributed by atoms with E-state index in [-0.39, 0.29) is 101 Å². The third kappa shape index (κ3) is 14.2. The second kappa shape index (κ2) is 26.7. The molecule has 18 nitrogen and oxygen atoms in total. The number of rotatable bonds is 15. The van der Waals surface area contributed by atoms with Crippen LogP contribution in [0.25, 0.3) is 22.3 Å². The molecule has 0 aliphatic carbocycles. The van der Waals surface area contributed by atoms with Crippen molar-refractivity contribution in [2.24, 2.45) is 0 Å². The quantitative estimate of drug-likeness (QED) is 0.0701. The minimum absolute atomic E-state index is 0.0758. The van der Waals surface area contributed by atoms with Gasteiger partial charge in [-0.25, -0.2) is 18.7 Å². The largest absolute Gasteiger partial charge is 0.481 e. The first kappa shape index (κ1) is 66.4.